The van der Waals surface area contributed by atoms with Crippen molar-refractivity contribution in [3.8, 4) is 5.75 Å². The van der Waals surface area contributed by atoms with Gasteiger partial charge in [0.15, 0.2) is 0 Å². The molecule has 2 atom stereocenters. The first-order chi connectivity index (χ1) is 19.0. The van der Waals surface area contributed by atoms with Crippen molar-refractivity contribution in [3.05, 3.63) is 82.7 Å². The van der Waals surface area contributed by atoms with Crippen LogP contribution in [0, 0.1) is 0 Å². The normalized spacial score (nSPS) is 15.6. The van der Waals surface area contributed by atoms with Crippen LogP contribution < -0.4 is 20.3 Å². The molecule has 8 nitrogen and oxygen atoms in total. The number of carbonyl (C=O) groups is 2. The Hall–Kier alpha value is -3.82. The molecule has 5 rings (SSSR count). The average molecular weight is 546 g/mol. The first-order valence-electron chi connectivity index (χ1n) is 13.3. The summed E-state index contributed by atoms with van der Waals surface area (Å²) in [7, 11) is 1.70. The Morgan fingerprint density at radius 1 is 1.00 bits per heavy atom. The average Bonchev–Trinajstić information content (AvgIpc) is 3.64. The first kappa shape index (κ1) is 26.8. The summed E-state index contributed by atoms with van der Waals surface area (Å²) in [6.07, 6.45) is 2.60. The van der Waals surface area contributed by atoms with Gasteiger partial charge in [0.05, 0.1) is 18.8 Å². The molecule has 204 valence electrons. The predicted octanol–water partition coefficient (Wildman–Crippen LogP) is 3.96. The minimum atomic E-state index is -0.604. The molecule has 1 aliphatic rings. The van der Waals surface area contributed by atoms with Gasteiger partial charge in [-0.15, -0.1) is 11.3 Å². The van der Waals surface area contributed by atoms with Crippen molar-refractivity contribution in [1.29, 1.82) is 0 Å². The third-order valence-corrected chi connectivity index (χ3v) is 8.30. The van der Waals surface area contributed by atoms with E-state index in [9.17, 15) is 9.59 Å². The number of piperazine rings is 1. The number of para-hydroxylation sites is 3. The van der Waals surface area contributed by atoms with Crippen molar-refractivity contribution in [3.63, 3.8) is 0 Å². The van der Waals surface area contributed by atoms with Crippen LogP contribution in [0.2, 0.25) is 0 Å². The summed E-state index contributed by atoms with van der Waals surface area (Å²) in [5.74, 6) is -0.333. The smallest absolute Gasteiger partial charge is 0.309 e. The highest BCUT2D eigenvalue weighted by Gasteiger charge is 2.32. The number of methoxy groups -OCH3 is 1. The number of nitrogens with zero attached hydrogens (tertiary/aromatic N) is 2. The number of rotatable bonds is 9. The summed E-state index contributed by atoms with van der Waals surface area (Å²) in [6, 6.07) is 20.0. The molecule has 0 bridgehead atoms. The van der Waals surface area contributed by atoms with Crippen molar-refractivity contribution in [2.75, 3.05) is 44.7 Å². The number of fused-ring (bicyclic) bond motifs is 1. The number of thiophene rings is 1. The lowest BCUT2D eigenvalue weighted by Gasteiger charge is -2.42. The molecule has 3 heterocycles. The molecule has 1 aliphatic heterocycles. The van der Waals surface area contributed by atoms with E-state index >= 15 is 0 Å². The second kappa shape index (κ2) is 12.4. The molecular weight excluding hydrogens is 510 g/mol. The van der Waals surface area contributed by atoms with Gasteiger partial charge in [-0.25, -0.2) is 0 Å². The maximum Gasteiger partial charge on any atom is 0.309 e. The number of hydrogen-bond donors (Lipinski definition) is 3. The van der Waals surface area contributed by atoms with E-state index in [0.29, 0.717) is 13.0 Å². The summed E-state index contributed by atoms with van der Waals surface area (Å²) < 4.78 is 5.56. The summed E-state index contributed by atoms with van der Waals surface area (Å²) in [6.45, 7) is 5.72. The van der Waals surface area contributed by atoms with Crippen LogP contribution in [0.1, 0.15) is 23.4 Å². The topological polar surface area (TPSA) is 89.7 Å². The Labute approximate surface area is 233 Å². The molecular formula is C30H35N5O3S. The summed E-state index contributed by atoms with van der Waals surface area (Å²) in [5, 5.41) is 8.95. The van der Waals surface area contributed by atoms with Crippen LogP contribution in [0.4, 0.5) is 5.69 Å². The Balaban J connectivity index is 1.17. The zero-order chi connectivity index (χ0) is 27.2. The van der Waals surface area contributed by atoms with Gasteiger partial charge < -0.3 is 25.3 Å². The fourth-order valence-corrected chi connectivity index (χ4v) is 6.38. The lowest BCUT2D eigenvalue weighted by atomic mass is 10.0. The molecule has 2 aromatic carbocycles. The Kier molecular flexibility index (Phi) is 8.48. The van der Waals surface area contributed by atoms with E-state index in [0.717, 1.165) is 54.1 Å². The molecule has 4 aromatic rings. The lowest BCUT2D eigenvalue weighted by Crippen LogP contribution is -2.53. The van der Waals surface area contributed by atoms with Gasteiger partial charge in [0.1, 0.15) is 5.75 Å². The Morgan fingerprint density at radius 2 is 1.77 bits per heavy atom. The van der Waals surface area contributed by atoms with E-state index in [1.165, 1.54) is 4.88 Å². The van der Waals surface area contributed by atoms with E-state index in [1.807, 2.05) is 55.6 Å². The second-order valence-electron chi connectivity index (χ2n) is 9.78. The summed E-state index contributed by atoms with van der Waals surface area (Å²) in [5.41, 5.74) is 3.27. The third kappa shape index (κ3) is 6.10. The highest BCUT2D eigenvalue weighted by molar-refractivity contribution is 7.10. The molecule has 0 aliphatic carbocycles. The number of aromatic nitrogens is 1. The number of hydrogen-bond acceptors (Lipinski definition) is 6. The molecule has 0 saturated carbocycles. The van der Waals surface area contributed by atoms with E-state index in [1.54, 1.807) is 18.4 Å². The van der Waals surface area contributed by atoms with E-state index < -0.39 is 11.8 Å². The summed E-state index contributed by atoms with van der Waals surface area (Å²) >= 11 is 1.67. The van der Waals surface area contributed by atoms with Crippen LogP contribution in [0.25, 0.3) is 10.9 Å². The third-order valence-electron chi connectivity index (χ3n) is 7.36. The van der Waals surface area contributed by atoms with Crippen LogP contribution in [-0.4, -0.2) is 67.6 Å². The van der Waals surface area contributed by atoms with Gasteiger partial charge in [-0.05, 0) is 48.6 Å². The van der Waals surface area contributed by atoms with Crippen molar-refractivity contribution < 1.29 is 14.3 Å². The SMILES string of the molecule is COc1ccccc1N1CCN([C@@H](c2cccs2)[C@H](C)NC(=O)C(=O)NCCc2c[nH]c3ccccc23)CC1. The van der Waals surface area contributed by atoms with Gasteiger partial charge in [-0.2, -0.15) is 0 Å². The largest absolute Gasteiger partial charge is 0.495 e. The predicted molar refractivity (Wildman–Crippen MR) is 156 cm³/mol. The quantitative estimate of drug-likeness (QED) is 0.277. The number of anilines is 1. The maximum absolute atomic E-state index is 12.9. The van der Waals surface area contributed by atoms with Gasteiger partial charge in [0.2, 0.25) is 0 Å². The molecule has 2 aromatic heterocycles. The standard InChI is InChI=1S/C30H35N5O3S/c1-21(33-30(37)29(36)31-14-13-22-20-32-24-9-4-3-8-23(22)24)28(27-12-7-19-39-27)35-17-15-34(16-18-35)25-10-5-6-11-26(25)38-2/h3-12,19-21,28,32H,13-18H2,1-2H3,(H,31,36)(H,33,37)/t21-,28+/m0/s1. The van der Waals surface area contributed by atoms with Crippen molar-refractivity contribution >= 4 is 39.7 Å². The molecule has 0 unspecified atom stereocenters. The number of carbonyl (C=O) groups excluding carboxylic acids is 2. The monoisotopic (exact) mass is 545 g/mol. The number of benzene rings is 2. The fraction of sp³-hybridized carbons (Fsp3) is 0.333. The molecule has 0 radical (unpaired) electrons. The van der Waals surface area contributed by atoms with Crippen LogP contribution in [0.3, 0.4) is 0 Å². The highest BCUT2D eigenvalue weighted by atomic mass is 32.1. The minimum Gasteiger partial charge on any atom is -0.495 e. The molecule has 2 amide bonds. The van der Waals surface area contributed by atoms with Gasteiger partial charge in [-0.3, -0.25) is 14.5 Å². The van der Waals surface area contributed by atoms with Crippen molar-refractivity contribution in [1.82, 2.24) is 20.5 Å². The Bertz CT molecular complexity index is 1390. The number of H-pyrrole nitrogens is 1. The minimum absolute atomic E-state index is 0.0206. The summed E-state index contributed by atoms with van der Waals surface area (Å²) in [4.78, 5) is 34.7. The van der Waals surface area contributed by atoms with Gasteiger partial charge >= 0.3 is 11.8 Å². The van der Waals surface area contributed by atoms with Crippen LogP contribution in [-0.2, 0) is 16.0 Å². The fourth-order valence-electron chi connectivity index (χ4n) is 5.41. The Morgan fingerprint density at radius 3 is 2.54 bits per heavy atom. The maximum atomic E-state index is 12.9. The number of amides is 2. The zero-order valence-corrected chi connectivity index (χ0v) is 23.2. The van der Waals surface area contributed by atoms with E-state index in [4.69, 9.17) is 4.74 Å². The van der Waals surface area contributed by atoms with Gasteiger partial charge in [0.25, 0.3) is 0 Å². The number of nitrogens with one attached hydrogen (secondary N) is 3. The molecule has 9 heteroatoms. The van der Waals surface area contributed by atoms with Crippen LogP contribution in [0.15, 0.2) is 72.2 Å². The first-order valence-corrected chi connectivity index (χ1v) is 14.2. The molecule has 1 fully saturated rings. The van der Waals surface area contributed by atoms with E-state index in [-0.39, 0.29) is 12.1 Å². The molecule has 0 spiro atoms. The molecule has 39 heavy (non-hydrogen) atoms. The second-order valence-corrected chi connectivity index (χ2v) is 10.8. The molecule has 3 N–H and O–H groups in total. The van der Waals surface area contributed by atoms with Crippen LogP contribution in [0.5, 0.6) is 5.75 Å². The zero-order valence-electron chi connectivity index (χ0n) is 22.4. The number of ether oxygens (including phenoxy) is 1. The van der Waals surface area contributed by atoms with Gasteiger partial charge in [-0.1, -0.05) is 36.4 Å². The molecule has 1 saturated heterocycles. The van der Waals surface area contributed by atoms with Gasteiger partial charge in [0, 0.05) is 60.7 Å². The number of aromatic amines is 1. The van der Waals surface area contributed by atoms with Crippen LogP contribution >= 0.6 is 11.3 Å². The van der Waals surface area contributed by atoms with Crippen molar-refractivity contribution in [2.45, 2.75) is 25.4 Å². The van der Waals surface area contributed by atoms with Crippen molar-refractivity contribution in [2.24, 2.45) is 0 Å². The highest BCUT2D eigenvalue weighted by Crippen LogP contribution is 2.32. The lowest BCUT2D eigenvalue weighted by molar-refractivity contribution is -0.139. The van der Waals surface area contributed by atoms with E-state index in [2.05, 4.69) is 49.0 Å².